The molecule has 3 heterocycles. The molecule has 33 heavy (non-hydrogen) atoms. The molecule has 5 rings (SSSR count). The fourth-order valence-electron chi connectivity index (χ4n) is 4.82. The highest BCUT2D eigenvalue weighted by molar-refractivity contribution is 5.82. The van der Waals surface area contributed by atoms with Crippen molar-refractivity contribution >= 4 is 5.91 Å². The highest BCUT2D eigenvalue weighted by atomic mass is 19.3. The molecule has 0 unspecified atom stereocenters. The quantitative estimate of drug-likeness (QED) is 0.634. The lowest BCUT2D eigenvalue weighted by Gasteiger charge is -2.33. The SMILES string of the molecule is O=C([C@@H]1C[C@H](c2ccn(-c3ccccc3)n2)[C@H](c2cccc(F)c2)N1)N1CCC(F)(F)CC1. The largest absolute Gasteiger partial charge is 0.341 e. The maximum absolute atomic E-state index is 14.0. The topological polar surface area (TPSA) is 50.2 Å². The summed E-state index contributed by atoms with van der Waals surface area (Å²) < 4.78 is 42.9. The number of para-hydroxylation sites is 1. The summed E-state index contributed by atoms with van der Waals surface area (Å²) in [5.74, 6) is -3.42. The number of likely N-dealkylation sites (tertiary alicyclic amines) is 1. The molecule has 0 radical (unpaired) electrons. The van der Waals surface area contributed by atoms with Gasteiger partial charge in [0.15, 0.2) is 0 Å². The summed E-state index contributed by atoms with van der Waals surface area (Å²) in [7, 11) is 0. The van der Waals surface area contributed by atoms with E-state index in [-0.39, 0.29) is 49.6 Å². The van der Waals surface area contributed by atoms with Crippen molar-refractivity contribution in [3.63, 3.8) is 0 Å². The van der Waals surface area contributed by atoms with Crippen molar-refractivity contribution in [2.75, 3.05) is 13.1 Å². The lowest BCUT2D eigenvalue weighted by Crippen LogP contribution is -2.49. The summed E-state index contributed by atoms with van der Waals surface area (Å²) in [5.41, 5.74) is 2.44. The highest BCUT2D eigenvalue weighted by Gasteiger charge is 2.43. The van der Waals surface area contributed by atoms with Gasteiger partial charge in [0.05, 0.1) is 17.4 Å². The van der Waals surface area contributed by atoms with Crippen molar-refractivity contribution < 1.29 is 18.0 Å². The van der Waals surface area contributed by atoms with Gasteiger partial charge in [-0.05, 0) is 42.3 Å². The van der Waals surface area contributed by atoms with Gasteiger partial charge in [0.25, 0.3) is 5.92 Å². The lowest BCUT2D eigenvalue weighted by molar-refractivity contribution is -0.139. The number of nitrogens with zero attached hydrogens (tertiary/aromatic N) is 3. The third kappa shape index (κ3) is 4.53. The Labute approximate surface area is 190 Å². The number of alkyl halides is 2. The third-order valence-electron chi connectivity index (χ3n) is 6.60. The average molecular weight is 454 g/mol. The Bertz CT molecular complexity index is 1120. The first kappa shape index (κ1) is 21.7. The number of hydrogen-bond acceptors (Lipinski definition) is 3. The Morgan fingerprint density at radius 3 is 2.52 bits per heavy atom. The van der Waals surface area contributed by atoms with Gasteiger partial charge in [-0.1, -0.05) is 30.3 Å². The zero-order chi connectivity index (χ0) is 23.0. The molecule has 1 aromatic heterocycles. The highest BCUT2D eigenvalue weighted by Crippen LogP contribution is 2.41. The Balaban J connectivity index is 1.41. The van der Waals surface area contributed by atoms with Gasteiger partial charge in [0.1, 0.15) is 5.82 Å². The molecule has 2 saturated heterocycles. The van der Waals surface area contributed by atoms with Crippen molar-refractivity contribution in [2.45, 2.75) is 43.2 Å². The minimum Gasteiger partial charge on any atom is -0.341 e. The molecule has 0 bridgehead atoms. The molecule has 5 nitrogen and oxygen atoms in total. The summed E-state index contributed by atoms with van der Waals surface area (Å²) in [6.45, 7) is 0.0872. The van der Waals surface area contributed by atoms with Gasteiger partial charge in [-0.3, -0.25) is 10.1 Å². The first-order valence-corrected chi connectivity index (χ1v) is 11.2. The van der Waals surface area contributed by atoms with Crippen molar-refractivity contribution in [3.05, 3.63) is 83.9 Å². The maximum atomic E-state index is 14.0. The van der Waals surface area contributed by atoms with Crippen LogP contribution in [0.1, 0.15) is 42.5 Å². The minimum atomic E-state index is -2.71. The van der Waals surface area contributed by atoms with Crippen LogP contribution in [-0.4, -0.2) is 45.6 Å². The van der Waals surface area contributed by atoms with Crippen molar-refractivity contribution in [1.82, 2.24) is 20.0 Å². The summed E-state index contributed by atoms with van der Waals surface area (Å²) in [6.07, 6.45) is 1.70. The number of amides is 1. The molecular weight excluding hydrogens is 429 g/mol. The van der Waals surface area contributed by atoms with Gasteiger partial charge >= 0.3 is 0 Å². The summed E-state index contributed by atoms with van der Waals surface area (Å²) >= 11 is 0. The Kier molecular flexibility index (Phi) is 5.70. The van der Waals surface area contributed by atoms with E-state index in [1.54, 1.807) is 10.7 Å². The maximum Gasteiger partial charge on any atom is 0.251 e. The molecule has 3 atom stereocenters. The molecule has 2 fully saturated rings. The van der Waals surface area contributed by atoms with Gasteiger partial charge in [0, 0.05) is 44.1 Å². The van der Waals surface area contributed by atoms with Crippen molar-refractivity contribution in [3.8, 4) is 5.69 Å². The van der Waals surface area contributed by atoms with E-state index in [0.717, 1.165) is 16.9 Å². The molecule has 1 N–H and O–H groups in total. The third-order valence-corrected chi connectivity index (χ3v) is 6.60. The zero-order valence-electron chi connectivity index (χ0n) is 18.0. The average Bonchev–Trinajstić information content (AvgIpc) is 3.47. The monoisotopic (exact) mass is 454 g/mol. The standard InChI is InChI=1S/C25H25F3N4O/c26-18-6-4-5-17(15-18)23-20(21-9-12-32(30-21)19-7-2-1-3-8-19)16-22(29-23)24(33)31-13-10-25(27,28)11-14-31/h1-9,12,15,20,22-23,29H,10-11,13-14,16H2/t20-,22+,23+/m1/s1. The zero-order valence-corrected chi connectivity index (χ0v) is 18.0. The van der Waals surface area contributed by atoms with Gasteiger partial charge < -0.3 is 4.90 Å². The second kappa shape index (κ2) is 8.67. The van der Waals surface area contributed by atoms with Crippen LogP contribution >= 0.6 is 0 Å². The molecule has 0 saturated carbocycles. The predicted molar refractivity (Wildman–Crippen MR) is 118 cm³/mol. The lowest BCUT2D eigenvalue weighted by atomic mass is 9.90. The molecule has 3 aromatic rings. The van der Waals surface area contributed by atoms with E-state index in [4.69, 9.17) is 5.10 Å². The van der Waals surface area contributed by atoms with Crippen LogP contribution in [0.2, 0.25) is 0 Å². The van der Waals surface area contributed by atoms with Crippen molar-refractivity contribution in [2.24, 2.45) is 0 Å². The fraction of sp³-hybridized carbons (Fsp3) is 0.360. The van der Waals surface area contributed by atoms with Gasteiger partial charge in [0.2, 0.25) is 5.91 Å². The normalized spacial score (nSPS) is 24.7. The summed E-state index contributed by atoms with van der Waals surface area (Å²) in [6, 6.07) is 17.1. The Hall–Kier alpha value is -3.13. The molecule has 2 aromatic carbocycles. The molecule has 0 spiro atoms. The van der Waals surface area contributed by atoms with Crippen LogP contribution < -0.4 is 5.32 Å². The van der Waals surface area contributed by atoms with Crippen LogP contribution in [-0.2, 0) is 4.79 Å². The number of carbonyl (C=O) groups is 1. The Morgan fingerprint density at radius 2 is 1.79 bits per heavy atom. The number of piperidine rings is 1. The van der Waals surface area contributed by atoms with Crippen molar-refractivity contribution in [1.29, 1.82) is 0 Å². The molecule has 8 heteroatoms. The number of nitrogens with one attached hydrogen (secondary N) is 1. The number of hydrogen-bond donors (Lipinski definition) is 1. The number of rotatable bonds is 4. The van der Waals surface area contributed by atoms with Gasteiger partial charge in [-0.15, -0.1) is 0 Å². The molecule has 2 aliphatic heterocycles. The van der Waals surface area contributed by atoms with E-state index < -0.39 is 12.0 Å². The van der Waals surface area contributed by atoms with E-state index in [9.17, 15) is 18.0 Å². The van der Waals surface area contributed by atoms with E-state index in [1.165, 1.54) is 17.0 Å². The van der Waals surface area contributed by atoms with Crippen LogP contribution in [0.15, 0.2) is 66.9 Å². The van der Waals surface area contributed by atoms with Crippen LogP contribution in [0.5, 0.6) is 0 Å². The predicted octanol–water partition coefficient (Wildman–Crippen LogP) is 4.46. The number of carbonyl (C=O) groups excluding carboxylic acids is 1. The van der Waals surface area contributed by atoms with E-state index >= 15 is 0 Å². The first-order valence-electron chi connectivity index (χ1n) is 11.2. The van der Waals surface area contributed by atoms with E-state index in [2.05, 4.69) is 5.32 Å². The molecule has 172 valence electrons. The number of aromatic nitrogens is 2. The van der Waals surface area contributed by atoms with Crippen LogP contribution in [0.3, 0.4) is 0 Å². The molecule has 0 aliphatic carbocycles. The second-order valence-corrected chi connectivity index (χ2v) is 8.80. The van der Waals surface area contributed by atoms with Gasteiger partial charge in [-0.25, -0.2) is 17.9 Å². The number of benzene rings is 2. The summed E-state index contributed by atoms with van der Waals surface area (Å²) in [5, 5.41) is 8.10. The second-order valence-electron chi connectivity index (χ2n) is 8.80. The fourth-order valence-corrected chi connectivity index (χ4v) is 4.82. The summed E-state index contributed by atoms with van der Waals surface area (Å²) in [4.78, 5) is 14.7. The minimum absolute atomic E-state index is 0.0436. The molecule has 1 amide bonds. The van der Waals surface area contributed by atoms with Crippen LogP contribution in [0, 0.1) is 5.82 Å². The van der Waals surface area contributed by atoms with Gasteiger partial charge in [-0.2, -0.15) is 5.10 Å². The van der Waals surface area contributed by atoms with Crippen LogP contribution in [0.25, 0.3) is 5.69 Å². The van der Waals surface area contributed by atoms with E-state index in [1.807, 2.05) is 48.7 Å². The number of halogens is 3. The first-order chi connectivity index (χ1) is 15.9. The molecular formula is C25H25F3N4O. The smallest absolute Gasteiger partial charge is 0.251 e. The van der Waals surface area contributed by atoms with Crippen LogP contribution in [0.4, 0.5) is 13.2 Å². The Morgan fingerprint density at radius 1 is 1.03 bits per heavy atom. The van der Waals surface area contributed by atoms with E-state index in [0.29, 0.717) is 6.42 Å². The molecule has 2 aliphatic rings.